The van der Waals surface area contributed by atoms with Crippen molar-refractivity contribution in [1.82, 2.24) is 9.55 Å². The Bertz CT molecular complexity index is 576. The maximum absolute atomic E-state index is 14.3. The standard InChI is InChI=1S/C11H17FN4O4/c1-10(2)7(18)11(12,5-17)20-8(10)16-4-3-6(13)14-9(16)15-19/h3-4,7-8,17-19H,5H2,1-2H3,(H2,13,14,15)/t7-,8+,11+/m0/s1. The summed E-state index contributed by atoms with van der Waals surface area (Å²) in [6, 6.07) is 1.41. The lowest BCUT2D eigenvalue weighted by Crippen LogP contribution is -2.43. The molecule has 0 aliphatic carbocycles. The molecular formula is C11H17FN4O4. The van der Waals surface area contributed by atoms with E-state index in [0.717, 1.165) is 0 Å². The van der Waals surface area contributed by atoms with Gasteiger partial charge >= 0.3 is 0 Å². The van der Waals surface area contributed by atoms with Crippen LogP contribution < -0.4 is 11.4 Å². The van der Waals surface area contributed by atoms with Crippen molar-refractivity contribution in [2.45, 2.75) is 32.0 Å². The van der Waals surface area contributed by atoms with Crippen molar-refractivity contribution in [3.8, 4) is 0 Å². The zero-order valence-electron chi connectivity index (χ0n) is 11.1. The number of anilines is 1. The average molecular weight is 288 g/mol. The van der Waals surface area contributed by atoms with E-state index < -0.39 is 30.2 Å². The highest BCUT2D eigenvalue weighted by molar-refractivity contribution is 5.23. The maximum Gasteiger partial charge on any atom is 0.270 e. The van der Waals surface area contributed by atoms with Crippen LogP contribution in [-0.2, 0) is 4.74 Å². The number of alkyl halides is 1. The maximum atomic E-state index is 14.3. The number of aromatic nitrogens is 2. The fraction of sp³-hybridized carbons (Fsp3) is 0.636. The molecule has 0 saturated carbocycles. The van der Waals surface area contributed by atoms with Crippen molar-refractivity contribution in [2.24, 2.45) is 10.6 Å². The van der Waals surface area contributed by atoms with Gasteiger partial charge in [0.15, 0.2) is 0 Å². The molecule has 9 heteroatoms. The Labute approximate surface area is 113 Å². The summed E-state index contributed by atoms with van der Waals surface area (Å²) in [5.74, 6) is -2.49. The van der Waals surface area contributed by atoms with Crippen LogP contribution >= 0.6 is 0 Å². The molecule has 8 nitrogen and oxygen atoms in total. The third-order valence-corrected chi connectivity index (χ3v) is 3.48. The third kappa shape index (κ3) is 2.03. The number of rotatable bonds is 2. The fourth-order valence-electron chi connectivity index (χ4n) is 2.32. The number of ether oxygens (including phenoxy) is 1. The quantitative estimate of drug-likeness (QED) is 0.422. The lowest BCUT2D eigenvalue weighted by Gasteiger charge is -2.29. The first-order chi connectivity index (χ1) is 9.26. The van der Waals surface area contributed by atoms with Crippen molar-refractivity contribution in [3.63, 3.8) is 0 Å². The van der Waals surface area contributed by atoms with Crippen molar-refractivity contribution < 1.29 is 24.5 Å². The molecule has 1 aliphatic heterocycles. The predicted molar refractivity (Wildman–Crippen MR) is 64.8 cm³/mol. The minimum atomic E-state index is -2.60. The molecule has 1 aromatic heterocycles. The van der Waals surface area contributed by atoms with E-state index >= 15 is 0 Å². The van der Waals surface area contributed by atoms with Gasteiger partial charge < -0.3 is 25.9 Å². The van der Waals surface area contributed by atoms with Gasteiger partial charge in [0.05, 0.1) is 0 Å². The molecule has 1 fully saturated rings. The van der Waals surface area contributed by atoms with E-state index in [9.17, 15) is 9.50 Å². The zero-order valence-corrected chi connectivity index (χ0v) is 11.1. The second-order valence-corrected chi connectivity index (χ2v) is 5.30. The molecule has 112 valence electrons. The summed E-state index contributed by atoms with van der Waals surface area (Å²) in [7, 11) is 0. The second kappa shape index (κ2) is 4.69. The van der Waals surface area contributed by atoms with Gasteiger partial charge in [-0.2, -0.15) is 4.98 Å². The molecule has 3 atom stereocenters. The number of nitrogen functional groups attached to an aromatic ring is 1. The van der Waals surface area contributed by atoms with Gasteiger partial charge in [-0.05, 0) is 11.2 Å². The van der Waals surface area contributed by atoms with Gasteiger partial charge in [-0.15, -0.1) is 0 Å². The monoisotopic (exact) mass is 288 g/mol. The highest BCUT2D eigenvalue weighted by Crippen LogP contribution is 2.49. The molecule has 2 heterocycles. The van der Waals surface area contributed by atoms with E-state index in [0.29, 0.717) is 0 Å². The first-order valence-corrected chi connectivity index (χ1v) is 5.94. The number of nitrogens with two attached hydrogens (primary N) is 1. The Morgan fingerprint density at radius 3 is 2.75 bits per heavy atom. The Kier molecular flexibility index (Phi) is 3.44. The average Bonchev–Trinajstić information content (AvgIpc) is 2.60. The summed E-state index contributed by atoms with van der Waals surface area (Å²) in [5, 5.41) is 31.0. The molecule has 0 spiro atoms. The van der Waals surface area contributed by atoms with Crippen LogP contribution in [-0.4, -0.2) is 43.5 Å². The lowest BCUT2D eigenvalue weighted by molar-refractivity contribution is -0.207. The minimum absolute atomic E-state index is 0.110. The van der Waals surface area contributed by atoms with Crippen LogP contribution in [0.5, 0.6) is 0 Å². The Hall–Kier alpha value is -1.71. The molecule has 0 unspecified atom stereocenters. The summed E-state index contributed by atoms with van der Waals surface area (Å²) < 4.78 is 20.7. The molecule has 5 N–H and O–H groups in total. The van der Waals surface area contributed by atoms with Gasteiger partial charge in [0.1, 0.15) is 24.8 Å². The van der Waals surface area contributed by atoms with Crippen molar-refractivity contribution in [2.75, 3.05) is 12.3 Å². The van der Waals surface area contributed by atoms with Gasteiger partial charge in [-0.3, -0.25) is 4.57 Å². The smallest absolute Gasteiger partial charge is 0.270 e. The first-order valence-electron chi connectivity index (χ1n) is 5.94. The summed E-state index contributed by atoms with van der Waals surface area (Å²) in [4.78, 5) is 3.78. The SMILES string of the molecule is CC1(C)[C@H](n2ccc(N)n/c2=N\O)O[C@](F)(CO)[C@H]1O. The lowest BCUT2D eigenvalue weighted by atomic mass is 9.84. The number of nitrogens with zero attached hydrogens (tertiary/aromatic N) is 3. The van der Waals surface area contributed by atoms with Crippen LogP contribution in [0.4, 0.5) is 10.2 Å². The molecule has 1 aliphatic rings. The molecule has 0 amide bonds. The number of aliphatic hydroxyl groups excluding tert-OH is 2. The van der Waals surface area contributed by atoms with Crippen LogP contribution in [0.1, 0.15) is 20.1 Å². The third-order valence-electron chi connectivity index (χ3n) is 3.48. The van der Waals surface area contributed by atoms with Crippen molar-refractivity contribution in [3.05, 3.63) is 17.9 Å². The summed E-state index contributed by atoms with van der Waals surface area (Å²) in [5.41, 5.74) is 4.18. The minimum Gasteiger partial charge on any atom is -0.408 e. The molecular weight excluding hydrogens is 271 g/mol. The van der Waals surface area contributed by atoms with E-state index in [4.69, 9.17) is 20.8 Å². The van der Waals surface area contributed by atoms with Crippen LogP contribution in [0, 0.1) is 5.41 Å². The van der Waals surface area contributed by atoms with E-state index in [1.54, 1.807) is 13.8 Å². The fourth-order valence-corrected chi connectivity index (χ4v) is 2.32. The van der Waals surface area contributed by atoms with Gasteiger partial charge in [0, 0.05) is 11.6 Å². The Balaban J connectivity index is 2.54. The molecule has 20 heavy (non-hydrogen) atoms. The molecule has 1 aromatic rings. The number of halogens is 1. The number of hydrogen-bond donors (Lipinski definition) is 4. The Morgan fingerprint density at radius 1 is 1.60 bits per heavy atom. The second-order valence-electron chi connectivity index (χ2n) is 5.30. The summed E-state index contributed by atoms with van der Waals surface area (Å²) in [6.07, 6.45) is -1.20. The molecule has 1 saturated heterocycles. The largest absolute Gasteiger partial charge is 0.408 e. The number of hydrogen-bond acceptors (Lipinski definition) is 7. The number of aliphatic hydroxyl groups is 2. The normalized spacial score (nSPS) is 33.5. The van der Waals surface area contributed by atoms with Gasteiger partial charge in [-0.1, -0.05) is 13.8 Å². The predicted octanol–water partition coefficient (Wildman–Crippen LogP) is -0.671. The van der Waals surface area contributed by atoms with Crippen LogP contribution in [0.25, 0.3) is 0 Å². The van der Waals surface area contributed by atoms with E-state index in [1.807, 2.05) is 0 Å². The summed E-state index contributed by atoms with van der Waals surface area (Å²) >= 11 is 0. The van der Waals surface area contributed by atoms with E-state index in [2.05, 4.69) is 10.1 Å². The van der Waals surface area contributed by atoms with Gasteiger partial charge in [-0.25, -0.2) is 4.39 Å². The zero-order chi connectivity index (χ0) is 15.1. The first kappa shape index (κ1) is 14.7. The topological polar surface area (TPSA) is 126 Å². The van der Waals surface area contributed by atoms with Gasteiger partial charge in [0.25, 0.3) is 11.5 Å². The van der Waals surface area contributed by atoms with E-state index in [-0.39, 0.29) is 11.4 Å². The molecule has 0 radical (unpaired) electrons. The van der Waals surface area contributed by atoms with Crippen molar-refractivity contribution >= 4 is 5.82 Å². The molecule has 0 bridgehead atoms. The van der Waals surface area contributed by atoms with Gasteiger partial charge in [0.2, 0.25) is 0 Å². The highest BCUT2D eigenvalue weighted by atomic mass is 19.2. The van der Waals surface area contributed by atoms with Crippen LogP contribution in [0.15, 0.2) is 17.4 Å². The molecule has 0 aromatic carbocycles. The highest BCUT2D eigenvalue weighted by Gasteiger charge is 2.60. The molecule has 2 rings (SSSR count). The summed E-state index contributed by atoms with van der Waals surface area (Å²) in [6.45, 7) is 2.12. The van der Waals surface area contributed by atoms with Crippen molar-refractivity contribution in [1.29, 1.82) is 0 Å². The van der Waals surface area contributed by atoms with E-state index in [1.165, 1.54) is 16.8 Å². The van der Waals surface area contributed by atoms with Crippen LogP contribution in [0.2, 0.25) is 0 Å². The Morgan fingerprint density at radius 2 is 2.25 bits per heavy atom. The van der Waals surface area contributed by atoms with Crippen LogP contribution in [0.3, 0.4) is 0 Å².